The SMILES string of the molecule is COC(=O)c1ccc(Oc2cc(N)cc(S(=O)(=O)N=CN(C)C)c2)cc1. The predicted molar refractivity (Wildman–Crippen MR) is 98.1 cm³/mol. The van der Waals surface area contributed by atoms with E-state index < -0.39 is 16.0 Å². The van der Waals surface area contributed by atoms with E-state index in [4.69, 9.17) is 10.5 Å². The highest BCUT2D eigenvalue weighted by Crippen LogP contribution is 2.28. The topological polar surface area (TPSA) is 111 Å². The molecule has 0 unspecified atom stereocenters. The number of anilines is 1. The van der Waals surface area contributed by atoms with Gasteiger partial charge in [-0.05, 0) is 30.3 Å². The third-order valence-corrected chi connectivity index (χ3v) is 4.33. The largest absolute Gasteiger partial charge is 0.465 e. The molecule has 0 heterocycles. The lowest BCUT2D eigenvalue weighted by Gasteiger charge is -2.09. The molecular weight excluding hydrogens is 358 g/mol. The van der Waals surface area contributed by atoms with Crippen molar-refractivity contribution < 1.29 is 22.7 Å². The van der Waals surface area contributed by atoms with Crippen LogP contribution in [0.25, 0.3) is 0 Å². The lowest BCUT2D eigenvalue weighted by Crippen LogP contribution is -2.10. The van der Waals surface area contributed by atoms with E-state index in [9.17, 15) is 13.2 Å². The van der Waals surface area contributed by atoms with Crippen LogP contribution in [0.2, 0.25) is 0 Å². The van der Waals surface area contributed by atoms with Crippen molar-refractivity contribution in [2.24, 2.45) is 4.40 Å². The number of esters is 1. The summed E-state index contributed by atoms with van der Waals surface area (Å²) in [5.41, 5.74) is 6.36. The van der Waals surface area contributed by atoms with Crippen molar-refractivity contribution in [1.82, 2.24) is 4.90 Å². The van der Waals surface area contributed by atoms with E-state index in [1.807, 2.05) is 0 Å². The van der Waals surface area contributed by atoms with Gasteiger partial charge in [-0.15, -0.1) is 4.40 Å². The molecule has 0 saturated carbocycles. The Hall–Kier alpha value is -3.07. The van der Waals surface area contributed by atoms with Gasteiger partial charge in [0.15, 0.2) is 0 Å². The van der Waals surface area contributed by atoms with Crippen LogP contribution in [0.1, 0.15) is 10.4 Å². The van der Waals surface area contributed by atoms with Crippen LogP contribution in [0.15, 0.2) is 51.8 Å². The number of nitrogens with two attached hydrogens (primary N) is 1. The minimum atomic E-state index is -3.91. The minimum Gasteiger partial charge on any atom is -0.465 e. The van der Waals surface area contributed by atoms with E-state index in [-0.39, 0.29) is 16.3 Å². The zero-order chi connectivity index (χ0) is 19.3. The van der Waals surface area contributed by atoms with Gasteiger partial charge in [0.05, 0.1) is 17.6 Å². The Bertz CT molecular complexity index is 922. The molecule has 0 aliphatic heterocycles. The number of nitrogens with zero attached hydrogens (tertiary/aromatic N) is 2. The Morgan fingerprint density at radius 3 is 2.35 bits per heavy atom. The number of carbonyl (C=O) groups excluding carboxylic acids is 1. The summed E-state index contributed by atoms with van der Waals surface area (Å²) < 4.78 is 38.3. The number of nitrogen functional groups attached to an aromatic ring is 1. The second-order valence-corrected chi connectivity index (χ2v) is 7.15. The fraction of sp³-hybridized carbons (Fsp3) is 0.176. The highest BCUT2D eigenvalue weighted by Gasteiger charge is 2.15. The summed E-state index contributed by atoms with van der Waals surface area (Å²) >= 11 is 0. The van der Waals surface area contributed by atoms with Crippen LogP contribution < -0.4 is 10.5 Å². The predicted octanol–water partition coefficient (Wildman–Crippen LogP) is 2.13. The van der Waals surface area contributed by atoms with Crippen molar-refractivity contribution in [3.8, 4) is 11.5 Å². The van der Waals surface area contributed by atoms with Gasteiger partial charge in [0, 0.05) is 31.9 Å². The highest BCUT2D eigenvalue weighted by atomic mass is 32.2. The molecule has 2 aromatic carbocycles. The van der Waals surface area contributed by atoms with Gasteiger partial charge < -0.3 is 20.1 Å². The maximum absolute atomic E-state index is 12.3. The molecule has 0 aromatic heterocycles. The number of methoxy groups -OCH3 is 1. The fourth-order valence-electron chi connectivity index (χ4n) is 1.93. The first kappa shape index (κ1) is 19.3. The molecule has 0 aliphatic rings. The minimum absolute atomic E-state index is 0.0863. The normalized spacial score (nSPS) is 11.3. The van der Waals surface area contributed by atoms with E-state index in [0.29, 0.717) is 11.3 Å². The molecule has 2 aromatic rings. The Kier molecular flexibility index (Phi) is 5.83. The average molecular weight is 377 g/mol. The van der Waals surface area contributed by atoms with Crippen molar-refractivity contribution in [3.05, 3.63) is 48.0 Å². The van der Waals surface area contributed by atoms with Gasteiger partial charge in [0.1, 0.15) is 17.8 Å². The van der Waals surface area contributed by atoms with Gasteiger partial charge in [-0.1, -0.05) is 0 Å². The van der Waals surface area contributed by atoms with Crippen LogP contribution in [-0.2, 0) is 14.8 Å². The molecule has 9 heteroatoms. The van der Waals surface area contributed by atoms with Gasteiger partial charge in [0.25, 0.3) is 10.0 Å². The molecule has 0 aliphatic carbocycles. The molecular formula is C17H19N3O5S. The van der Waals surface area contributed by atoms with Crippen LogP contribution in [-0.4, -0.2) is 46.8 Å². The highest BCUT2D eigenvalue weighted by molar-refractivity contribution is 7.90. The third-order valence-electron chi connectivity index (χ3n) is 3.13. The first-order valence-corrected chi connectivity index (χ1v) is 8.89. The molecule has 2 N–H and O–H groups in total. The number of rotatable bonds is 6. The summed E-state index contributed by atoms with van der Waals surface area (Å²) in [4.78, 5) is 12.8. The standard InChI is InChI=1S/C17H19N3O5S/c1-20(2)11-19-26(22,23)16-9-13(18)8-15(10-16)25-14-6-4-12(5-7-14)17(21)24-3/h4-11H,18H2,1-3H3. The second kappa shape index (κ2) is 7.87. The molecule has 0 fully saturated rings. The lowest BCUT2D eigenvalue weighted by molar-refractivity contribution is 0.0600. The van der Waals surface area contributed by atoms with E-state index in [1.165, 1.54) is 48.7 Å². The van der Waals surface area contributed by atoms with Crippen LogP contribution in [0.5, 0.6) is 11.5 Å². The van der Waals surface area contributed by atoms with Crippen LogP contribution >= 0.6 is 0 Å². The van der Waals surface area contributed by atoms with E-state index in [0.717, 1.165) is 0 Å². The second-order valence-electron chi connectivity index (χ2n) is 5.52. The zero-order valence-corrected chi connectivity index (χ0v) is 15.4. The van der Waals surface area contributed by atoms with Gasteiger partial charge in [-0.25, -0.2) is 4.79 Å². The van der Waals surface area contributed by atoms with E-state index in [2.05, 4.69) is 9.13 Å². The molecule has 0 radical (unpaired) electrons. The maximum Gasteiger partial charge on any atom is 0.337 e. The van der Waals surface area contributed by atoms with Gasteiger partial charge in [-0.2, -0.15) is 8.42 Å². The Balaban J connectivity index is 2.28. The zero-order valence-electron chi connectivity index (χ0n) is 14.5. The molecule has 0 saturated heterocycles. The van der Waals surface area contributed by atoms with Crippen molar-refractivity contribution in [2.45, 2.75) is 4.90 Å². The summed E-state index contributed by atoms with van der Waals surface area (Å²) in [6.45, 7) is 0. The first-order chi connectivity index (χ1) is 12.2. The number of sulfonamides is 1. The van der Waals surface area contributed by atoms with E-state index >= 15 is 0 Å². The smallest absolute Gasteiger partial charge is 0.337 e. The Labute approximate surface area is 151 Å². The Morgan fingerprint density at radius 2 is 1.77 bits per heavy atom. The summed E-state index contributed by atoms with van der Waals surface area (Å²) in [5, 5.41) is 0. The molecule has 0 atom stereocenters. The monoisotopic (exact) mass is 377 g/mol. The van der Waals surface area contributed by atoms with Crippen LogP contribution in [0.3, 0.4) is 0 Å². The van der Waals surface area contributed by atoms with Gasteiger partial charge in [0.2, 0.25) is 0 Å². The molecule has 0 amide bonds. The summed E-state index contributed by atoms with van der Waals surface area (Å²) in [6.07, 6.45) is 1.19. The molecule has 138 valence electrons. The van der Waals surface area contributed by atoms with Crippen molar-refractivity contribution in [2.75, 3.05) is 26.9 Å². The van der Waals surface area contributed by atoms with Crippen LogP contribution in [0, 0.1) is 0 Å². The fourth-order valence-corrected chi connectivity index (χ4v) is 2.92. The van der Waals surface area contributed by atoms with Crippen molar-refractivity contribution >= 4 is 28.0 Å². The number of hydrogen-bond donors (Lipinski definition) is 1. The van der Waals surface area contributed by atoms with Gasteiger partial charge in [-0.3, -0.25) is 0 Å². The summed E-state index contributed by atoms with van der Waals surface area (Å²) in [7, 11) is 0.700. The molecule has 2 rings (SSSR count). The number of ether oxygens (including phenoxy) is 2. The van der Waals surface area contributed by atoms with Crippen LogP contribution in [0.4, 0.5) is 5.69 Å². The Morgan fingerprint density at radius 1 is 1.12 bits per heavy atom. The van der Waals surface area contributed by atoms with Gasteiger partial charge >= 0.3 is 5.97 Å². The molecule has 26 heavy (non-hydrogen) atoms. The van der Waals surface area contributed by atoms with E-state index in [1.54, 1.807) is 26.2 Å². The number of carbonyl (C=O) groups is 1. The first-order valence-electron chi connectivity index (χ1n) is 7.45. The maximum atomic E-state index is 12.3. The van der Waals surface area contributed by atoms with Crippen molar-refractivity contribution in [3.63, 3.8) is 0 Å². The quantitative estimate of drug-likeness (QED) is 0.355. The summed E-state index contributed by atoms with van der Waals surface area (Å²) in [5.74, 6) is 0.172. The average Bonchev–Trinajstić information content (AvgIpc) is 2.59. The summed E-state index contributed by atoms with van der Waals surface area (Å²) in [6, 6.07) is 10.3. The third kappa shape index (κ3) is 4.96. The van der Waals surface area contributed by atoms with Crippen molar-refractivity contribution in [1.29, 1.82) is 0 Å². The number of hydrogen-bond acceptors (Lipinski definition) is 6. The molecule has 0 bridgehead atoms. The lowest BCUT2D eigenvalue weighted by atomic mass is 10.2. The number of benzene rings is 2. The molecule has 0 spiro atoms. The molecule has 8 nitrogen and oxygen atoms in total.